The topological polar surface area (TPSA) is 55.8 Å². The number of hydrogen-bond acceptors (Lipinski definition) is 4. The van der Waals surface area contributed by atoms with E-state index in [0.717, 1.165) is 23.3 Å². The lowest BCUT2D eigenvalue weighted by Gasteiger charge is -2.12. The van der Waals surface area contributed by atoms with Gasteiger partial charge in [-0.2, -0.15) is 0 Å². The van der Waals surface area contributed by atoms with Crippen LogP contribution in [0.15, 0.2) is 24.3 Å². The molecule has 0 unspecified atom stereocenters. The van der Waals surface area contributed by atoms with Gasteiger partial charge in [0.05, 0.1) is 13.7 Å². The first-order valence-electron chi connectivity index (χ1n) is 6.36. The maximum absolute atomic E-state index is 11.8. The van der Waals surface area contributed by atoms with Crippen molar-refractivity contribution < 1.29 is 19.1 Å². The maximum atomic E-state index is 11.8. The van der Waals surface area contributed by atoms with Crippen molar-refractivity contribution in [3.63, 3.8) is 0 Å². The Morgan fingerprint density at radius 3 is 3.00 bits per heavy atom. The Kier molecular flexibility index (Phi) is 4.40. The molecule has 0 fully saturated rings. The van der Waals surface area contributed by atoms with Gasteiger partial charge in [-0.1, -0.05) is 6.07 Å². The van der Waals surface area contributed by atoms with Gasteiger partial charge in [0.2, 0.25) is 5.91 Å². The average Bonchev–Trinajstić information content (AvgIpc) is 2.91. The fourth-order valence-corrected chi connectivity index (χ4v) is 1.94. The van der Waals surface area contributed by atoms with Crippen LogP contribution >= 0.6 is 0 Å². The Morgan fingerprint density at radius 1 is 1.45 bits per heavy atom. The van der Waals surface area contributed by atoms with Gasteiger partial charge >= 0.3 is 5.97 Å². The zero-order valence-electron chi connectivity index (χ0n) is 11.6. The van der Waals surface area contributed by atoms with Crippen molar-refractivity contribution in [3.8, 4) is 5.75 Å². The number of esters is 1. The quantitative estimate of drug-likeness (QED) is 0.613. The Bertz CT molecular complexity index is 551. The Morgan fingerprint density at radius 2 is 2.25 bits per heavy atom. The molecule has 0 saturated heterocycles. The molecule has 1 aliphatic heterocycles. The third-order valence-corrected chi connectivity index (χ3v) is 3.10. The van der Waals surface area contributed by atoms with Gasteiger partial charge in [0.15, 0.2) is 0 Å². The number of rotatable bonds is 4. The summed E-state index contributed by atoms with van der Waals surface area (Å²) in [6, 6.07) is 5.81. The van der Waals surface area contributed by atoms with Crippen molar-refractivity contribution in [1.29, 1.82) is 0 Å². The monoisotopic (exact) mass is 275 g/mol. The molecule has 106 valence electrons. The van der Waals surface area contributed by atoms with Gasteiger partial charge in [-0.3, -0.25) is 9.59 Å². The van der Waals surface area contributed by atoms with E-state index in [1.54, 1.807) is 13.1 Å². The summed E-state index contributed by atoms with van der Waals surface area (Å²) >= 11 is 0. The molecule has 1 aliphatic rings. The minimum absolute atomic E-state index is 0.0578. The van der Waals surface area contributed by atoms with Crippen LogP contribution in [0.3, 0.4) is 0 Å². The molecule has 0 aliphatic carbocycles. The zero-order valence-corrected chi connectivity index (χ0v) is 11.6. The van der Waals surface area contributed by atoms with Gasteiger partial charge < -0.3 is 14.4 Å². The second kappa shape index (κ2) is 6.23. The first-order valence-corrected chi connectivity index (χ1v) is 6.36. The highest BCUT2D eigenvalue weighted by atomic mass is 16.5. The van der Waals surface area contributed by atoms with Crippen LogP contribution in [0.1, 0.15) is 11.1 Å². The number of ether oxygens (including phenoxy) is 2. The zero-order chi connectivity index (χ0) is 14.5. The minimum atomic E-state index is -0.441. The highest BCUT2D eigenvalue weighted by Crippen LogP contribution is 2.26. The van der Waals surface area contributed by atoms with E-state index in [1.807, 2.05) is 18.2 Å². The van der Waals surface area contributed by atoms with Crippen molar-refractivity contribution >= 4 is 18.0 Å². The van der Waals surface area contributed by atoms with E-state index in [9.17, 15) is 9.59 Å². The van der Waals surface area contributed by atoms with Gasteiger partial charge in [0.1, 0.15) is 12.3 Å². The van der Waals surface area contributed by atoms with Crippen molar-refractivity contribution in [3.05, 3.63) is 35.4 Å². The van der Waals surface area contributed by atoms with Crippen LogP contribution in [0.25, 0.3) is 6.08 Å². The molecule has 5 heteroatoms. The first kappa shape index (κ1) is 14.1. The van der Waals surface area contributed by atoms with Crippen LogP contribution in [-0.4, -0.2) is 44.1 Å². The summed E-state index contributed by atoms with van der Waals surface area (Å²) in [5, 5.41) is 0. The van der Waals surface area contributed by atoms with Gasteiger partial charge in [-0.25, -0.2) is 0 Å². The van der Waals surface area contributed by atoms with Crippen LogP contribution < -0.4 is 4.74 Å². The van der Waals surface area contributed by atoms with E-state index >= 15 is 0 Å². The smallest absolute Gasteiger partial charge is 0.325 e. The molecule has 0 saturated carbocycles. The van der Waals surface area contributed by atoms with E-state index in [1.165, 1.54) is 18.1 Å². The molecule has 0 aromatic heterocycles. The predicted octanol–water partition coefficient (Wildman–Crippen LogP) is 1.27. The third kappa shape index (κ3) is 3.38. The summed E-state index contributed by atoms with van der Waals surface area (Å²) in [6.07, 6.45) is 4.07. The molecule has 0 atom stereocenters. The van der Waals surface area contributed by atoms with E-state index in [0.29, 0.717) is 6.61 Å². The van der Waals surface area contributed by atoms with Crippen molar-refractivity contribution in [1.82, 2.24) is 4.90 Å². The van der Waals surface area contributed by atoms with E-state index in [4.69, 9.17) is 4.74 Å². The lowest BCUT2D eigenvalue weighted by atomic mass is 10.1. The summed E-state index contributed by atoms with van der Waals surface area (Å²) in [5.41, 5.74) is 2.09. The van der Waals surface area contributed by atoms with Crippen LogP contribution in [0.5, 0.6) is 5.75 Å². The number of benzene rings is 1. The number of amides is 1. The fraction of sp³-hybridized carbons (Fsp3) is 0.333. The first-order chi connectivity index (χ1) is 9.60. The summed E-state index contributed by atoms with van der Waals surface area (Å²) in [5.74, 6) is 0.229. The maximum Gasteiger partial charge on any atom is 0.325 e. The Labute approximate surface area is 117 Å². The number of carbonyl (C=O) groups is 2. The standard InChI is InChI=1S/C15H17NO4/c1-16(10-15(18)19-2)14(17)6-4-11-3-5-13-12(9-11)7-8-20-13/h3-6,9H,7-8,10H2,1-2H3/b6-4-. The highest BCUT2D eigenvalue weighted by Gasteiger charge is 2.12. The molecule has 2 rings (SSSR count). The number of methoxy groups -OCH3 is 1. The Balaban J connectivity index is 1.98. The molecule has 20 heavy (non-hydrogen) atoms. The number of fused-ring (bicyclic) bond motifs is 1. The van der Waals surface area contributed by atoms with Crippen molar-refractivity contribution in [2.24, 2.45) is 0 Å². The second-order valence-corrected chi connectivity index (χ2v) is 4.57. The lowest BCUT2D eigenvalue weighted by Crippen LogP contribution is -2.31. The molecule has 1 amide bonds. The summed E-state index contributed by atoms with van der Waals surface area (Å²) in [7, 11) is 2.85. The number of likely N-dealkylation sites (N-methyl/N-ethyl adjacent to an activating group) is 1. The molecule has 0 N–H and O–H groups in total. The summed E-state index contributed by atoms with van der Waals surface area (Å²) < 4.78 is 9.94. The van der Waals surface area contributed by atoms with Crippen LogP contribution in [-0.2, 0) is 20.7 Å². The van der Waals surface area contributed by atoms with Crippen LogP contribution in [0.4, 0.5) is 0 Å². The SMILES string of the molecule is COC(=O)CN(C)C(=O)/C=C\c1ccc2c(c1)CCO2. The molecule has 1 aromatic rings. The highest BCUT2D eigenvalue weighted by molar-refractivity contribution is 5.93. The normalized spacial score (nSPS) is 12.9. The third-order valence-electron chi connectivity index (χ3n) is 3.10. The molecular formula is C15H17NO4. The van der Waals surface area contributed by atoms with E-state index in [2.05, 4.69) is 4.74 Å². The van der Waals surface area contributed by atoms with Crippen LogP contribution in [0, 0.1) is 0 Å². The average molecular weight is 275 g/mol. The van der Waals surface area contributed by atoms with Gasteiger partial charge in [0, 0.05) is 19.5 Å². The molecule has 0 spiro atoms. The van der Waals surface area contributed by atoms with Gasteiger partial charge in [-0.05, 0) is 29.3 Å². The largest absolute Gasteiger partial charge is 0.493 e. The molecule has 0 bridgehead atoms. The predicted molar refractivity (Wildman–Crippen MR) is 74.3 cm³/mol. The van der Waals surface area contributed by atoms with E-state index < -0.39 is 5.97 Å². The van der Waals surface area contributed by atoms with Crippen molar-refractivity contribution in [2.75, 3.05) is 27.3 Å². The number of hydrogen-bond donors (Lipinski definition) is 0. The van der Waals surface area contributed by atoms with Gasteiger partial charge in [0.25, 0.3) is 0 Å². The molecular weight excluding hydrogens is 258 g/mol. The second-order valence-electron chi connectivity index (χ2n) is 4.57. The molecule has 1 aromatic carbocycles. The fourth-order valence-electron chi connectivity index (χ4n) is 1.94. The number of carbonyl (C=O) groups excluding carboxylic acids is 2. The summed E-state index contributed by atoms with van der Waals surface area (Å²) in [4.78, 5) is 24.2. The lowest BCUT2D eigenvalue weighted by molar-refractivity contribution is -0.144. The van der Waals surface area contributed by atoms with Crippen molar-refractivity contribution in [2.45, 2.75) is 6.42 Å². The van der Waals surface area contributed by atoms with Crippen LogP contribution in [0.2, 0.25) is 0 Å². The van der Waals surface area contributed by atoms with E-state index in [-0.39, 0.29) is 12.5 Å². The molecule has 0 radical (unpaired) electrons. The van der Waals surface area contributed by atoms with Gasteiger partial charge in [-0.15, -0.1) is 0 Å². The number of nitrogens with zero attached hydrogens (tertiary/aromatic N) is 1. The Hall–Kier alpha value is -2.30. The molecule has 5 nitrogen and oxygen atoms in total. The molecule has 1 heterocycles. The summed E-state index contributed by atoms with van der Waals surface area (Å²) in [6.45, 7) is 0.654. The minimum Gasteiger partial charge on any atom is -0.493 e.